The largest absolute Gasteiger partial charge is 0.393 e. The Bertz CT molecular complexity index is 429. The van der Waals surface area contributed by atoms with Crippen LogP contribution in [-0.2, 0) is 14.3 Å². The maximum atomic E-state index is 11.9. The zero-order chi connectivity index (χ0) is 11.8. The van der Waals surface area contributed by atoms with Crippen molar-refractivity contribution in [1.29, 1.82) is 0 Å². The Hall–Kier alpha value is -0.160. The highest BCUT2D eigenvalue weighted by atomic mass is 32.2. The van der Waals surface area contributed by atoms with Gasteiger partial charge < -0.3 is 4.74 Å². The standard InChI is InChI=1S/C12H14O3S2/c1-11-4-6(12(5-11)16-2-3-17-12)7-8(11)10(14)15-9(7)13/h6-8H,2-5H2,1H3/t6-,7-,8+,11-/m1/s1. The topological polar surface area (TPSA) is 43.4 Å². The molecule has 0 aromatic heterocycles. The predicted molar refractivity (Wildman–Crippen MR) is 66.6 cm³/mol. The van der Waals surface area contributed by atoms with E-state index in [1.165, 1.54) is 11.5 Å². The van der Waals surface area contributed by atoms with Gasteiger partial charge in [0.1, 0.15) is 0 Å². The van der Waals surface area contributed by atoms with Gasteiger partial charge >= 0.3 is 11.9 Å². The van der Waals surface area contributed by atoms with Crippen LogP contribution >= 0.6 is 23.5 Å². The normalized spacial score (nSPS) is 50.1. The van der Waals surface area contributed by atoms with Gasteiger partial charge in [-0.15, -0.1) is 23.5 Å². The molecule has 4 rings (SSSR count). The van der Waals surface area contributed by atoms with Crippen LogP contribution in [0.25, 0.3) is 0 Å². The van der Waals surface area contributed by atoms with Crippen molar-refractivity contribution < 1.29 is 14.3 Å². The second kappa shape index (κ2) is 3.05. The van der Waals surface area contributed by atoms with Crippen LogP contribution in [-0.4, -0.2) is 27.5 Å². The third kappa shape index (κ3) is 1.13. The highest BCUT2D eigenvalue weighted by molar-refractivity contribution is 8.21. The maximum absolute atomic E-state index is 11.9. The van der Waals surface area contributed by atoms with E-state index in [9.17, 15) is 9.59 Å². The molecule has 3 nitrogen and oxygen atoms in total. The van der Waals surface area contributed by atoms with Crippen molar-refractivity contribution in [3.63, 3.8) is 0 Å². The number of rotatable bonds is 0. The highest BCUT2D eigenvalue weighted by Crippen LogP contribution is 2.74. The Morgan fingerprint density at radius 1 is 1.24 bits per heavy atom. The van der Waals surface area contributed by atoms with E-state index in [4.69, 9.17) is 4.74 Å². The zero-order valence-corrected chi connectivity index (χ0v) is 11.2. The molecule has 0 aromatic rings. The van der Waals surface area contributed by atoms with E-state index in [0.29, 0.717) is 5.92 Å². The molecule has 4 atom stereocenters. The van der Waals surface area contributed by atoms with Crippen molar-refractivity contribution in [3.8, 4) is 0 Å². The molecule has 0 unspecified atom stereocenters. The van der Waals surface area contributed by atoms with E-state index in [0.717, 1.165) is 12.8 Å². The first kappa shape index (κ1) is 10.7. The first-order valence-corrected chi connectivity index (χ1v) is 8.06. The Morgan fingerprint density at radius 2 is 1.94 bits per heavy atom. The Kier molecular flexibility index (Phi) is 1.92. The van der Waals surface area contributed by atoms with Crippen LogP contribution < -0.4 is 0 Å². The van der Waals surface area contributed by atoms with Gasteiger partial charge in [0.25, 0.3) is 0 Å². The molecule has 5 heteroatoms. The third-order valence-electron chi connectivity index (χ3n) is 4.95. The molecule has 2 saturated heterocycles. The van der Waals surface area contributed by atoms with Gasteiger partial charge in [-0.1, -0.05) is 6.92 Å². The molecule has 2 saturated carbocycles. The van der Waals surface area contributed by atoms with Gasteiger partial charge in [-0.2, -0.15) is 0 Å². The lowest BCUT2D eigenvalue weighted by molar-refractivity contribution is -0.155. The highest BCUT2D eigenvalue weighted by Gasteiger charge is 2.73. The average molecular weight is 270 g/mol. The number of hydrogen-bond donors (Lipinski definition) is 0. The molecule has 2 aliphatic heterocycles. The van der Waals surface area contributed by atoms with Crippen LogP contribution in [0.5, 0.6) is 0 Å². The Balaban J connectivity index is 1.80. The minimum absolute atomic E-state index is 0.00289. The van der Waals surface area contributed by atoms with E-state index in [2.05, 4.69) is 6.92 Å². The van der Waals surface area contributed by atoms with Crippen molar-refractivity contribution in [2.24, 2.45) is 23.2 Å². The smallest absolute Gasteiger partial charge is 0.318 e. The van der Waals surface area contributed by atoms with Crippen molar-refractivity contribution in [1.82, 2.24) is 0 Å². The molecule has 4 aliphatic rings. The molecule has 0 aromatic carbocycles. The average Bonchev–Trinajstić information content (AvgIpc) is 2.93. The lowest BCUT2D eigenvalue weighted by Crippen LogP contribution is -2.41. The number of hydrogen-bond acceptors (Lipinski definition) is 5. The molecule has 2 aliphatic carbocycles. The molecule has 17 heavy (non-hydrogen) atoms. The Morgan fingerprint density at radius 3 is 2.65 bits per heavy atom. The zero-order valence-electron chi connectivity index (χ0n) is 9.60. The van der Waals surface area contributed by atoms with Crippen molar-refractivity contribution in [2.75, 3.05) is 11.5 Å². The number of esters is 2. The number of ether oxygens (including phenoxy) is 1. The number of thioether (sulfide) groups is 2. The maximum Gasteiger partial charge on any atom is 0.318 e. The minimum atomic E-state index is -0.257. The number of cyclic esters (lactones) is 2. The van der Waals surface area contributed by atoms with Crippen LogP contribution in [0.3, 0.4) is 0 Å². The van der Waals surface area contributed by atoms with E-state index < -0.39 is 0 Å². The summed E-state index contributed by atoms with van der Waals surface area (Å²) < 4.78 is 5.09. The van der Waals surface area contributed by atoms with E-state index in [1.54, 1.807) is 0 Å². The first-order valence-electron chi connectivity index (χ1n) is 6.09. The molecule has 1 spiro atoms. The molecular weight excluding hydrogens is 256 g/mol. The number of fused-ring (bicyclic) bond motifs is 6. The number of carbonyl (C=O) groups excluding carboxylic acids is 2. The molecule has 2 heterocycles. The molecule has 0 amide bonds. The van der Waals surface area contributed by atoms with E-state index in [1.807, 2.05) is 23.5 Å². The monoisotopic (exact) mass is 270 g/mol. The van der Waals surface area contributed by atoms with Crippen LogP contribution in [0, 0.1) is 23.2 Å². The minimum Gasteiger partial charge on any atom is -0.393 e. The number of carbonyl (C=O) groups is 2. The molecule has 0 N–H and O–H groups in total. The van der Waals surface area contributed by atoms with Crippen LogP contribution in [0.2, 0.25) is 0 Å². The van der Waals surface area contributed by atoms with Crippen LogP contribution in [0.15, 0.2) is 0 Å². The van der Waals surface area contributed by atoms with E-state index in [-0.39, 0.29) is 33.3 Å². The SMILES string of the molecule is C[C@]12C[C@H]([C@H]3C(=O)OC(=O)[C@H]31)C1(C2)SCCS1. The van der Waals surface area contributed by atoms with Crippen molar-refractivity contribution >= 4 is 35.5 Å². The summed E-state index contributed by atoms with van der Waals surface area (Å²) in [5.74, 6) is 1.92. The summed E-state index contributed by atoms with van der Waals surface area (Å²) in [5, 5.41) is 0. The summed E-state index contributed by atoms with van der Waals surface area (Å²) in [7, 11) is 0. The lowest BCUT2D eigenvalue weighted by Gasteiger charge is -2.39. The predicted octanol–water partition coefficient (Wildman–Crippen LogP) is 1.91. The molecule has 2 bridgehead atoms. The molecule has 0 radical (unpaired) electrons. The second-order valence-corrected chi connectivity index (χ2v) is 9.00. The lowest BCUT2D eigenvalue weighted by atomic mass is 9.72. The summed E-state index contributed by atoms with van der Waals surface area (Å²) in [5.41, 5.74) is 0.00289. The summed E-state index contributed by atoms with van der Waals surface area (Å²) in [4.78, 5) is 23.7. The van der Waals surface area contributed by atoms with Crippen molar-refractivity contribution in [3.05, 3.63) is 0 Å². The fourth-order valence-corrected chi connectivity index (χ4v) is 8.42. The van der Waals surface area contributed by atoms with Gasteiger partial charge in [0, 0.05) is 11.5 Å². The fraction of sp³-hybridized carbons (Fsp3) is 0.833. The van der Waals surface area contributed by atoms with Crippen LogP contribution in [0.4, 0.5) is 0 Å². The van der Waals surface area contributed by atoms with Gasteiger partial charge in [0.15, 0.2) is 0 Å². The quantitative estimate of drug-likeness (QED) is 0.497. The summed E-state index contributed by atoms with van der Waals surface area (Å²) in [6.07, 6.45) is 2.10. The van der Waals surface area contributed by atoms with Gasteiger partial charge in [-0.25, -0.2) is 0 Å². The fourth-order valence-electron chi connectivity index (χ4n) is 4.48. The van der Waals surface area contributed by atoms with Gasteiger partial charge in [-0.05, 0) is 24.2 Å². The third-order valence-corrected chi connectivity index (χ3v) is 8.60. The first-order chi connectivity index (χ1) is 8.06. The molecule has 92 valence electrons. The van der Waals surface area contributed by atoms with Gasteiger partial charge in [0.05, 0.1) is 15.9 Å². The van der Waals surface area contributed by atoms with Gasteiger partial charge in [-0.3, -0.25) is 9.59 Å². The molecule has 4 fully saturated rings. The summed E-state index contributed by atoms with van der Waals surface area (Å²) >= 11 is 4.02. The van der Waals surface area contributed by atoms with Crippen molar-refractivity contribution in [2.45, 2.75) is 23.8 Å². The summed E-state index contributed by atoms with van der Waals surface area (Å²) in [6, 6.07) is 0. The van der Waals surface area contributed by atoms with E-state index >= 15 is 0 Å². The molecular formula is C12H14O3S2. The second-order valence-electron chi connectivity index (χ2n) is 5.89. The Labute approximate surface area is 108 Å². The van der Waals surface area contributed by atoms with Gasteiger partial charge in [0.2, 0.25) is 0 Å². The summed E-state index contributed by atoms with van der Waals surface area (Å²) in [6.45, 7) is 2.18. The van der Waals surface area contributed by atoms with Crippen LogP contribution in [0.1, 0.15) is 19.8 Å².